The molecule has 19 heavy (non-hydrogen) atoms. The van der Waals surface area contributed by atoms with Gasteiger partial charge in [-0.3, -0.25) is 0 Å². The van der Waals surface area contributed by atoms with E-state index in [0.717, 1.165) is 26.2 Å². The maximum absolute atomic E-state index is 5.75. The second-order valence-corrected chi connectivity index (χ2v) is 6.29. The number of hydrogen-bond acceptors (Lipinski definition) is 5. The lowest BCUT2D eigenvalue weighted by molar-refractivity contribution is 1.24. The van der Waals surface area contributed by atoms with Crippen LogP contribution in [0.5, 0.6) is 0 Å². The minimum absolute atomic E-state index is 0.286. The molecule has 6 heteroatoms. The number of nitrogens with one attached hydrogen (secondary N) is 1. The Labute approximate surface area is 122 Å². The van der Waals surface area contributed by atoms with Crippen molar-refractivity contribution in [3.05, 3.63) is 39.7 Å². The molecular formula is C13H11BrN4S. The Kier molecular flexibility index (Phi) is 3.12. The highest BCUT2D eigenvalue weighted by atomic mass is 79.9. The molecule has 2 heterocycles. The average Bonchev–Trinajstić information content (AvgIpc) is 2.72. The van der Waals surface area contributed by atoms with Gasteiger partial charge >= 0.3 is 0 Å². The summed E-state index contributed by atoms with van der Waals surface area (Å²) < 4.78 is 1.04. The van der Waals surface area contributed by atoms with Gasteiger partial charge in [-0.2, -0.15) is 4.98 Å². The lowest BCUT2D eigenvalue weighted by Crippen LogP contribution is -1.99. The van der Waals surface area contributed by atoms with E-state index in [-0.39, 0.29) is 5.95 Å². The van der Waals surface area contributed by atoms with Crippen LogP contribution in [0.3, 0.4) is 0 Å². The molecule has 0 fully saturated rings. The first kappa shape index (κ1) is 12.4. The van der Waals surface area contributed by atoms with Crippen LogP contribution in [0.4, 0.5) is 17.5 Å². The third kappa shape index (κ3) is 2.54. The fourth-order valence-corrected chi connectivity index (χ4v) is 2.97. The average molecular weight is 335 g/mol. The summed E-state index contributed by atoms with van der Waals surface area (Å²) in [6.45, 7) is 2.05. The van der Waals surface area contributed by atoms with Gasteiger partial charge in [0, 0.05) is 15.0 Å². The molecule has 0 saturated heterocycles. The van der Waals surface area contributed by atoms with Crippen LogP contribution in [0.1, 0.15) is 4.88 Å². The third-order valence-electron chi connectivity index (χ3n) is 2.64. The van der Waals surface area contributed by atoms with Crippen molar-refractivity contribution in [2.45, 2.75) is 6.92 Å². The molecule has 0 amide bonds. The first-order chi connectivity index (χ1) is 9.11. The minimum Gasteiger partial charge on any atom is -0.368 e. The Bertz CT molecular complexity index is 736. The zero-order chi connectivity index (χ0) is 13.4. The molecule has 1 aromatic carbocycles. The first-order valence-corrected chi connectivity index (χ1v) is 7.29. The second kappa shape index (κ2) is 4.79. The van der Waals surface area contributed by atoms with E-state index in [1.807, 2.05) is 31.2 Å². The number of fused-ring (bicyclic) bond motifs is 1. The second-order valence-electron chi connectivity index (χ2n) is 4.14. The van der Waals surface area contributed by atoms with E-state index in [1.165, 1.54) is 4.88 Å². The highest BCUT2D eigenvalue weighted by molar-refractivity contribution is 9.10. The van der Waals surface area contributed by atoms with Crippen molar-refractivity contribution >= 4 is 54.9 Å². The van der Waals surface area contributed by atoms with E-state index in [0.29, 0.717) is 0 Å². The van der Waals surface area contributed by atoms with Gasteiger partial charge in [0.1, 0.15) is 10.6 Å². The lowest BCUT2D eigenvalue weighted by atomic mass is 10.3. The first-order valence-electron chi connectivity index (χ1n) is 5.68. The predicted octanol–water partition coefficient (Wildman–Crippen LogP) is 4.09. The van der Waals surface area contributed by atoms with Gasteiger partial charge in [-0.25, -0.2) is 4.98 Å². The van der Waals surface area contributed by atoms with Gasteiger partial charge in [0.15, 0.2) is 0 Å². The largest absolute Gasteiger partial charge is 0.368 e. The van der Waals surface area contributed by atoms with E-state index in [1.54, 1.807) is 11.3 Å². The van der Waals surface area contributed by atoms with Crippen molar-refractivity contribution in [2.24, 2.45) is 0 Å². The maximum Gasteiger partial charge on any atom is 0.223 e. The quantitative estimate of drug-likeness (QED) is 0.740. The van der Waals surface area contributed by atoms with Crippen molar-refractivity contribution in [1.82, 2.24) is 9.97 Å². The van der Waals surface area contributed by atoms with Crippen molar-refractivity contribution in [3.8, 4) is 0 Å². The number of halogens is 1. The summed E-state index contributed by atoms with van der Waals surface area (Å²) in [5.74, 6) is 1.03. The van der Waals surface area contributed by atoms with E-state index in [4.69, 9.17) is 5.73 Å². The summed E-state index contributed by atoms with van der Waals surface area (Å²) >= 11 is 5.03. The molecule has 0 aliphatic rings. The summed E-state index contributed by atoms with van der Waals surface area (Å²) in [4.78, 5) is 10.6. The van der Waals surface area contributed by atoms with Gasteiger partial charge in [-0.1, -0.05) is 15.9 Å². The van der Waals surface area contributed by atoms with Gasteiger partial charge in [0.2, 0.25) is 5.95 Å². The van der Waals surface area contributed by atoms with Crippen LogP contribution in [-0.2, 0) is 0 Å². The van der Waals surface area contributed by atoms with Crippen LogP contribution >= 0.6 is 27.3 Å². The normalized spacial score (nSPS) is 10.8. The summed E-state index contributed by atoms with van der Waals surface area (Å²) in [5, 5.41) is 4.28. The monoisotopic (exact) mass is 334 g/mol. The lowest BCUT2D eigenvalue weighted by Gasteiger charge is -2.07. The molecule has 0 radical (unpaired) electrons. The summed E-state index contributed by atoms with van der Waals surface area (Å²) in [6, 6.07) is 9.98. The SMILES string of the molecule is Cc1cc2c(Nc3ccc(Br)cc3)nc(N)nc2s1. The molecule has 0 atom stereocenters. The molecule has 4 nitrogen and oxygen atoms in total. The van der Waals surface area contributed by atoms with Gasteiger partial charge in [0.25, 0.3) is 0 Å². The van der Waals surface area contributed by atoms with Crippen molar-refractivity contribution in [2.75, 3.05) is 11.1 Å². The molecule has 3 aromatic rings. The number of nitrogens with zero attached hydrogens (tertiary/aromatic N) is 2. The molecule has 0 aliphatic heterocycles. The van der Waals surface area contributed by atoms with E-state index in [9.17, 15) is 0 Å². The Morgan fingerprint density at radius 1 is 1.21 bits per heavy atom. The zero-order valence-corrected chi connectivity index (χ0v) is 12.5. The van der Waals surface area contributed by atoms with Crippen molar-refractivity contribution < 1.29 is 0 Å². The Morgan fingerprint density at radius 2 is 1.95 bits per heavy atom. The van der Waals surface area contributed by atoms with Gasteiger partial charge in [-0.15, -0.1) is 11.3 Å². The minimum atomic E-state index is 0.286. The highest BCUT2D eigenvalue weighted by Crippen LogP contribution is 2.30. The predicted molar refractivity (Wildman–Crippen MR) is 84.0 cm³/mol. The molecule has 0 unspecified atom stereocenters. The number of hydrogen-bond donors (Lipinski definition) is 2. The van der Waals surface area contributed by atoms with Crippen LogP contribution in [0.2, 0.25) is 0 Å². The number of anilines is 3. The summed E-state index contributed by atoms with van der Waals surface area (Å²) in [7, 11) is 0. The van der Waals surface area contributed by atoms with E-state index >= 15 is 0 Å². The van der Waals surface area contributed by atoms with Crippen LogP contribution in [0.15, 0.2) is 34.8 Å². The Morgan fingerprint density at radius 3 is 2.68 bits per heavy atom. The van der Waals surface area contributed by atoms with Gasteiger partial charge in [0.05, 0.1) is 5.39 Å². The fraction of sp³-hybridized carbons (Fsp3) is 0.0769. The molecule has 3 N–H and O–H groups in total. The Balaban J connectivity index is 2.06. The number of nitrogen functional groups attached to an aromatic ring is 1. The van der Waals surface area contributed by atoms with Crippen LogP contribution in [0, 0.1) is 6.92 Å². The number of aromatic nitrogens is 2. The number of nitrogens with two attached hydrogens (primary N) is 1. The van der Waals surface area contributed by atoms with Crippen LogP contribution in [-0.4, -0.2) is 9.97 Å². The summed E-state index contributed by atoms with van der Waals surface area (Å²) in [5.41, 5.74) is 6.71. The molecular weight excluding hydrogens is 324 g/mol. The van der Waals surface area contributed by atoms with Crippen LogP contribution < -0.4 is 11.1 Å². The standard InChI is InChI=1S/C13H11BrN4S/c1-7-6-10-11(17-13(15)18-12(10)19-7)16-9-4-2-8(14)3-5-9/h2-6H,1H3,(H3,15,16,17,18). The number of benzene rings is 1. The number of thiophene rings is 1. The zero-order valence-electron chi connectivity index (χ0n) is 10.1. The smallest absolute Gasteiger partial charge is 0.223 e. The molecule has 0 aliphatic carbocycles. The summed E-state index contributed by atoms with van der Waals surface area (Å²) in [6.07, 6.45) is 0. The van der Waals surface area contributed by atoms with Gasteiger partial charge < -0.3 is 11.1 Å². The van der Waals surface area contributed by atoms with E-state index < -0.39 is 0 Å². The topological polar surface area (TPSA) is 63.8 Å². The fourth-order valence-electron chi connectivity index (χ4n) is 1.82. The molecule has 3 rings (SSSR count). The molecule has 2 aromatic heterocycles. The van der Waals surface area contributed by atoms with Crippen LogP contribution in [0.25, 0.3) is 10.2 Å². The molecule has 0 bridgehead atoms. The number of aryl methyl sites for hydroxylation is 1. The maximum atomic E-state index is 5.75. The molecule has 0 spiro atoms. The molecule has 0 saturated carbocycles. The molecule has 96 valence electrons. The highest BCUT2D eigenvalue weighted by Gasteiger charge is 2.09. The number of rotatable bonds is 2. The van der Waals surface area contributed by atoms with Crippen molar-refractivity contribution in [1.29, 1.82) is 0 Å². The van der Waals surface area contributed by atoms with Gasteiger partial charge in [-0.05, 0) is 37.3 Å². The van der Waals surface area contributed by atoms with E-state index in [2.05, 4.69) is 37.3 Å². The van der Waals surface area contributed by atoms with Crippen molar-refractivity contribution in [3.63, 3.8) is 0 Å². The third-order valence-corrected chi connectivity index (χ3v) is 4.11. The Hall–Kier alpha value is -1.66.